The molecule has 0 amide bonds. The Bertz CT molecular complexity index is 754. The number of ketones is 1. The highest BCUT2D eigenvalue weighted by Gasteiger charge is 2.06. The number of hydrogen-bond donors (Lipinski definition) is 1. The molecule has 0 radical (unpaired) electrons. The molecule has 0 heterocycles. The molecule has 6 nitrogen and oxygen atoms in total. The molecule has 0 fully saturated rings. The highest BCUT2D eigenvalue weighted by atomic mass is 16.5. The molecular formula is C20H21NO5. The minimum atomic E-state index is -1.06. The number of nitriles is 1. The van der Waals surface area contributed by atoms with Crippen molar-refractivity contribution in [2.75, 3.05) is 6.61 Å². The molecule has 0 aliphatic carbocycles. The molecule has 0 aliphatic heterocycles. The van der Waals surface area contributed by atoms with E-state index < -0.39 is 5.97 Å². The smallest absolute Gasteiger partial charge is 0.310 e. The predicted molar refractivity (Wildman–Crippen MR) is 96.0 cm³/mol. The van der Waals surface area contributed by atoms with E-state index in [1.54, 1.807) is 18.2 Å². The Kier molecular flexibility index (Phi) is 8.97. The van der Waals surface area contributed by atoms with E-state index in [0.717, 1.165) is 5.56 Å². The number of rotatable bonds is 7. The van der Waals surface area contributed by atoms with Gasteiger partial charge in [0, 0.05) is 6.07 Å². The summed E-state index contributed by atoms with van der Waals surface area (Å²) in [5, 5.41) is 16.7. The third kappa shape index (κ3) is 7.97. The van der Waals surface area contributed by atoms with Gasteiger partial charge in [0.2, 0.25) is 0 Å². The molecule has 2 aromatic rings. The first-order chi connectivity index (χ1) is 12.5. The fraction of sp³-hybridized carbons (Fsp3) is 0.250. The van der Waals surface area contributed by atoms with Gasteiger partial charge in [-0.1, -0.05) is 30.3 Å². The number of nitrogens with zero attached hydrogens (tertiary/aromatic N) is 1. The lowest BCUT2D eigenvalue weighted by molar-refractivity contribution is -0.139. The van der Waals surface area contributed by atoms with E-state index in [0.29, 0.717) is 30.3 Å². The van der Waals surface area contributed by atoms with Gasteiger partial charge in [0.25, 0.3) is 0 Å². The first-order valence-electron chi connectivity index (χ1n) is 8.01. The van der Waals surface area contributed by atoms with E-state index in [9.17, 15) is 9.59 Å². The van der Waals surface area contributed by atoms with E-state index in [2.05, 4.69) is 6.07 Å². The largest absolute Gasteiger partial charge is 0.490 e. The summed E-state index contributed by atoms with van der Waals surface area (Å²) < 4.78 is 11.2. The van der Waals surface area contributed by atoms with E-state index in [-0.39, 0.29) is 12.2 Å². The zero-order chi connectivity index (χ0) is 19.4. The number of carboxylic acid groups (broad SMARTS) is 1. The van der Waals surface area contributed by atoms with Crippen LogP contribution < -0.4 is 9.47 Å². The monoisotopic (exact) mass is 355 g/mol. The van der Waals surface area contributed by atoms with Crippen LogP contribution in [0.4, 0.5) is 0 Å². The quantitative estimate of drug-likeness (QED) is 0.763. The second kappa shape index (κ2) is 11.3. The molecule has 0 atom stereocenters. The maximum Gasteiger partial charge on any atom is 0.310 e. The lowest BCUT2D eigenvalue weighted by Crippen LogP contribution is -2.00. The van der Waals surface area contributed by atoms with Gasteiger partial charge in [-0.05, 0) is 31.5 Å². The zero-order valence-corrected chi connectivity index (χ0v) is 14.8. The van der Waals surface area contributed by atoms with Crippen LogP contribution in [0.15, 0.2) is 48.5 Å². The van der Waals surface area contributed by atoms with Gasteiger partial charge in [-0.25, -0.2) is 0 Å². The Morgan fingerprint density at radius 2 is 1.77 bits per heavy atom. The molecule has 0 unspecified atom stereocenters. The van der Waals surface area contributed by atoms with Crippen molar-refractivity contribution in [3.63, 3.8) is 0 Å². The third-order valence-electron chi connectivity index (χ3n) is 3.01. The fourth-order valence-electron chi connectivity index (χ4n) is 1.91. The fourth-order valence-corrected chi connectivity index (χ4v) is 1.91. The van der Waals surface area contributed by atoms with Crippen LogP contribution in [0.2, 0.25) is 0 Å². The molecule has 1 N–H and O–H groups in total. The molecule has 0 aromatic heterocycles. The number of ether oxygens (including phenoxy) is 2. The number of benzene rings is 2. The van der Waals surface area contributed by atoms with Crippen molar-refractivity contribution in [3.8, 4) is 17.6 Å². The minimum absolute atomic E-state index is 0.312. The number of Topliss-reactive ketones (excluding diaryl/α,β-unsaturated/α-hetero) is 1. The first-order valence-corrected chi connectivity index (χ1v) is 8.01. The number of carboxylic acids is 1. The maximum absolute atomic E-state index is 9.87. The van der Waals surface area contributed by atoms with Crippen molar-refractivity contribution in [3.05, 3.63) is 59.7 Å². The Balaban J connectivity index is 0.000000412. The van der Waals surface area contributed by atoms with Crippen molar-refractivity contribution < 1.29 is 24.2 Å². The molecule has 0 spiro atoms. The van der Waals surface area contributed by atoms with Crippen LogP contribution in [0.3, 0.4) is 0 Å². The molecule has 0 saturated heterocycles. The van der Waals surface area contributed by atoms with Crippen molar-refractivity contribution in [2.24, 2.45) is 0 Å². The third-order valence-corrected chi connectivity index (χ3v) is 3.01. The van der Waals surface area contributed by atoms with Gasteiger partial charge in [0.15, 0.2) is 11.5 Å². The summed E-state index contributed by atoms with van der Waals surface area (Å²) in [4.78, 5) is 19.5. The Morgan fingerprint density at radius 1 is 1.08 bits per heavy atom. The topological polar surface area (TPSA) is 96.6 Å². The molecule has 6 heteroatoms. The summed E-state index contributed by atoms with van der Waals surface area (Å²) in [5.41, 5.74) is 1.66. The molecule has 0 bridgehead atoms. The highest BCUT2D eigenvalue weighted by Crippen LogP contribution is 2.29. The van der Waals surface area contributed by atoms with Crippen LogP contribution in [0.5, 0.6) is 11.5 Å². The standard InChI is InChI=1S/C16H15NO2.C4H6O3/c1-2-18-16-10-14(11-17)8-9-15(16)19-12-13-6-4-3-5-7-13;1-3(5)2-4(6)7/h3-10H,2,12H2,1H3;2H2,1H3,(H,6,7). The average molecular weight is 355 g/mol. The maximum atomic E-state index is 9.87. The predicted octanol–water partition coefficient (Wildman–Crippen LogP) is 3.59. The van der Waals surface area contributed by atoms with Gasteiger partial charge >= 0.3 is 5.97 Å². The van der Waals surface area contributed by atoms with E-state index in [1.165, 1.54) is 6.92 Å². The second-order valence-corrected chi connectivity index (χ2v) is 5.25. The minimum Gasteiger partial charge on any atom is -0.490 e. The van der Waals surface area contributed by atoms with Crippen molar-refractivity contribution >= 4 is 11.8 Å². The Labute approximate surface area is 152 Å². The van der Waals surface area contributed by atoms with Crippen LogP contribution in [-0.2, 0) is 16.2 Å². The summed E-state index contributed by atoms with van der Waals surface area (Å²) >= 11 is 0. The SMILES string of the molecule is CC(=O)CC(=O)O.CCOc1cc(C#N)ccc1OCc1ccccc1. The lowest BCUT2D eigenvalue weighted by Gasteiger charge is -2.12. The normalized spacial score (nSPS) is 9.27. The van der Waals surface area contributed by atoms with Gasteiger partial charge < -0.3 is 14.6 Å². The summed E-state index contributed by atoms with van der Waals surface area (Å²) in [6.45, 7) is 4.16. The molecular weight excluding hydrogens is 334 g/mol. The zero-order valence-electron chi connectivity index (χ0n) is 14.8. The summed E-state index contributed by atoms with van der Waals surface area (Å²) in [7, 11) is 0. The molecule has 0 aliphatic rings. The van der Waals surface area contributed by atoms with Crippen LogP contribution in [0.1, 0.15) is 31.4 Å². The van der Waals surface area contributed by atoms with Crippen LogP contribution in [-0.4, -0.2) is 23.5 Å². The molecule has 0 saturated carbocycles. The first kappa shape index (κ1) is 20.7. The van der Waals surface area contributed by atoms with Gasteiger partial charge in [0.05, 0.1) is 18.2 Å². The van der Waals surface area contributed by atoms with E-state index in [4.69, 9.17) is 19.8 Å². The van der Waals surface area contributed by atoms with E-state index in [1.807, 2.05) is 37.3 Å². The van der Waals surface area contributed by atoms with Gasteiger partial charge in [-0.2, -0.15) is 5.26 Å². The van der Waals surface area contributed by atoms with Gasteiger partial charge in [-0.3, -0.25) is 9.59 Å². The van der Waals surface area contributed by atoms with Crippen molar-refractivity contribution in [1.82, 2.24) is 0 Å². The summed E-state index contributed by atoms with van der Waals surface area (Å²) in [6.07, 6.45) is -0.361. The lowest BCUT2D eigenvalue weighted by atomic mass is 10.2. The van der Waals surface area contributed by atoms with Gasteiger partial charge in [0.1, 0.15) is 18.8 Å². The number of aliphatic carboxylic acids is 1. The van der Waals surface area contributed by atoms with Gasteiger partial charge in [-0.15, -0.1) is 0 Å². The van der Waals surface area contributed by atoms with Crippen molar-refractivity contribution in [1.29, 1.82) is 5.26 Å². The number of carbonyl (C=O) groups is 2. The molecule has 26 heavy (non-hydrogen) atoms. The van der Waals surface area contributed by atoms with E-state index >= 15 is 0 Å². The summed E-state index contributed by atoms with van der Waals surface area (Å²) in [6, 6.07) is 17.2. The highest BCUT2D eigenvalue weighted by molar-refractivity contribution is 5.93. The van der Waals surface area contributed by atoms with Crippen molar-refractivity contribution in [2.45, 2.75) is 26.9 Å². The Hall–Kier alpha value is -3.33. The number of hydrogen-bond acceptors (Lipinski definition) is 5. The van der Waals surface area contributed by atoms with Crippen LogP contribution in [0, 0.1) is 11.3 Å². The summed E-state index contributed by atoms with van der Waals surface area (Å²) in [5.74, 6) is -0.109. The number of carbonyl (C=O) groups excluding carboxylic acids is 1. The molecule has 136 valence electrons. The second-order valence-electron chi connectivity index (χ2n) is 5.25. The molecule has 2 aromatic carbocycles. The molecule has 2 rings (SSSR count). The van der Waals surface area contributed by atoms with Crippen LogP contribution >= 0.6 is 0 Å². The van der Waals surface area contributed by atoms with Crippen LogP contribution in [0.25, 0.3) is 0 Å². The Morgan fingerprint density at radius 3 is 2.27 bits per heavy atom. The average Bonchev–Trinajstić information content (AvgIpc) is 2.61.